The van der Waals surface area contributed by atoms with Crippen LogP contribution >= 0.6 is 15.9 Å². The zero-order valence-electron chi connectivity index (χ0n) is 12.4. The van der Waals surface area contributed by atoms with Gasteiger partial charge in [0.15, 0.2) is 0 Å². The van der Waals surface area contributed by atoms with Gasteiger partial charge in [0.25, 0.3) is 0 Å². The molecule has 2 rings (SSSR count). The van der Waals surface area contributed by atoms with Crippen LogP contribution in [0.25, 0.3) is 0 Å². The van der Waals surface area contributed by atoms with E-state index in [2.05, 4.69) is 57.3 Å². The second-order valence-electron chi connectivity index (χ2n) is 5.44. The highest BCUT2D eigenvalue weighted by Crippen LogP contribution is 2.17. The predicted octanol–water partition coefficient (Wildman–Crippen LogP) is 2.69. The molecule has 2 unspecified atom stereocenters. The first-order chi connectivity index (χ1) is 9.72. The molecule has 1 N–H and O–H groups in total. The first-order valence-electron chi connectivity index (χ1n) is 7.48. The number of halogens is 1. The Morgan fingerprint density at radius 2 is 2.35 bits per heavy atom. The van der Waals surface area contributed by atoms with Gasteiger partial charge in [-0.05, 0) is 44.1 Å². The average Bonchev–Trinajstić information content (AvgIpc) is 2.45. The number of ether oxygens (including phenoxy) is 1. The Morgan fingerprint density at radius 3 is 3.05 bits per heavy atom. The van der Waals surface area contributed by atoms with E-state index in [0.29, 0.717) is 6.04 Å². The highest BCUT2D eigenvalue weighted by molar-refractivity contribution is 9.10. The fraction of sp³-hybridized carbons (Fsp3) is 0.625. The van der Waals surface area contributed by atoms with Crippen molar-refractivity contribution in [1.82, 2.24) is 10.2 Å². The Balaban J connectivity index is 1.97. The summed E-state index contributed by atoms with van der Waals surface area (Å²) in [4.78, 5) is 2.51. The summed E-state index contributed by atoms with van der Waals surface area (Å²) in [6.45, 7) is 6.36. The second kappa shape index (κ2) is 8.13. The quantitative estimate of drug-likeness (QED) is 0.861. The van der Waals surface area contributed by atoms with Gasteiger partial charge >= 0.3 is 0 Å². The summed E-state index contributed by atoms with van der Waals surface area (Å²) in [5.41, 5.74) is 1.34. The average molecular weight is 341 g/mol. The zero-order chi connectivity index (χ0) is 14.4. The summed E-state index contributed by atoms with van der Waals surface area (Å²) in [5.74, 6) is 0. The molecule has 20 heavy (non-hydrogen) atoms. The van der Waals surface area contributed by atoms with Gasteiger partial charge < -0.3 is 10.1 Å². The predicted molar refractivity (Wildman–Crippen MR) is 87.2 cm³/mol. The van der Waals surface area contributed by atoms with Gasteiger partial charge in [0, 0.05) is 23.6 Å². The summed E-state index contributed by atoms with van der Waals surface area (Å²) in [6.07, 6.45) is 2.49. The van der Waals surface area contributed by atoms with Gasteiger partial charge in [-0.2, -0.15) is 0 Å². The molecule has 1 saturated heterocycles. The maximum Gasteiger partial charge on any atom is 0.0858 e. The largest absolute Gasteiger partial charge is 0.374 e. The number of morpholine rings is 1. The Kier molecular flexibility index (Phi) is 6.49. The molecule has 0 aromatic heterocycles. The molecule has 2 atom stereocenters. The van der Waals surface area contributed by atoms with Gasteiger partial charge in [-0.25, -0.2) is 0 Å². The van der Waals surface area contributed by atoms with Gasteiger partial charge in [0.05, 0.1) is 12.7 Å². The lowest BCUT2D eigenvalue weighted by Crippen LogP contribution is -2.52. The van der Waals surface area contributed by atoms with Crippen LogP contribution < -0.4 is 5.32 Å². The summed E-state index contributed by atoms with van der Waals surface area (Å²) >= 11 is 3.54. The van der Waals surface area contributed by atoms with E-state index in [1.165, 1.54) is 18.5 Å². The van der Waals surface area contributed by atoms with E-state index in [0.717, 1.165) is 30.6 Å². The topological polar surface area (TPSA) is 24.5 Å². The standard InChI is InChI=1S/C16H25BrN2O/c1-3-7-19-8-9-20-16(12-19)15(18-2)11-13-5-4-6-14(17)10-13/h4-6,10,15-16,18H,3,7-9,11-12H2,1-2H3. The third-order valence-corrected chi connectivity index (χ3v) is 4.37. The van der Waals surface area contributed by atoms with E-state index >= 15 is 0 Å². The SMILES string of the molecule is CCCN1CCOC(C(Cc2cccc(Br)c2)NC)C1. The molecule has 4 heteroatoms. The highest BCUT2D eigenvalue weighted by Gasteiger charge is 2.26. The van der Waals surface area contributed by atoms with Gasteiger partial charge in [-0.15, -0.1) is 0 Å². The molecule has 0 aliphatic carbocycles. The van der Waals surface area contributed by atoms with Crippen LogP contribution in [0, 0.1) is 0 Å². The zero-order valence-corrected chi connectivity index (χ0v) is 14.0. The first-order valence-corrected chi connectivity index (χ1v) is 8.28. The monoisotopic (exact) mass is 340 g/mol. The minimum atomic E-state index is 0.277. The molecule has 1 aromatic carbocycles. The van der Waals surface area contributed by atoms with Crippen molar-refractivity contribution in [2.75, 3.05) is 33.3 Å². The van der Waals surface area contributed by atoms with Crippen molar-refractivity contribution >= 4 is 15.9 Å². The third kappa shape index (κ3) is 4.55. The first kappa shape index (κ1) is 16.0. The summed E-state index contributed by atoms with van der Waals surface area (Å²) in [6, 6.07) is 8.90. The van der Waals surface area contributed by atoms with E-state index in [4.69, 9.17) is 4.74 Å². The lowest BCUT2D eigenvalue weighted by molar-refractivity contribution is -0.0450. The summed E-state index contributed by atoms with van der Waals surface area (Å²) < 4.78 is 7.13. The van der Waals surface area contributed by atoms with Crippen LogP contribution in [0.15, 0.2) is 28.7 Å². The van der Waals surface area contributed by atoms with Crippen molar-refractivity contribution < 1.29 is 4.74 Å². The van der Waals surface area contributed by atoms with E-state index < -0.39 is 0 Å². The fourth-order valence-electron chi connectivity index (χ4n) is 2.83. The number of rotatable bonds is 6. The van der Waals surface area contributed by atoms with Crippen molar-refractivity contribution in [2.45, 2.75) is 31.9 Å². The maximum absolute atomic E-state index is 5.99. The molecule has 1 aliphatic rings. The molecule has 1 heterocycles. The van der Waals surface area contributed by atoms with Crippen LogP contribution in [-0.2, 0) is 11.2 Å². The van der Waals surface area contributed by atoms with Crippen molar-refractivity contribution in [3.05, 3.63) is 34.3 Å². The lowest BCUT2D eigenvalue weighted by atomic mass is 10.00. The Hall–Kier alpha value is -0.420. The molecule has 3 nitrogen and oxygen atoms in total. The molecule has 1 aliphatic heterocycles. The van der Waals surface area contributed by atoms with Crippen LogP contribution in [0.4, 0.5) is 0 Å². The molecule has 112 valence electrons. The molecule has 1 fully saturated rings. The van der Waals surface area contributed by atoms with E-state index in [1.54, 1.807) is 0 Å². The fourth-order valence-corrected chi connectivity index (χ4v) is 3.28. The van der Waals surface area contributed by atoms with Crippen LogP contribution in [0.1, 0.15) is 18.9 Å². The Bertz CT molecular complexity index is 411. The van der Waals surface area contributed by atoms with Crippen molar-refractivity contribution in [1.29, 1.82) is 0 Å². The number of nitrogens with zero attached hydrogens (tertiary/aromatic N) is 1. The summed E-state index contributed by atoms with van der Waals surface area (Å²) in [5, 5.41) is 3.44. The highest BCUT2D eigenvalue weighted by atomic mass is 79.9. The van der Waals surface area contributed by atoms with E-state index in [-0.39, 0.29) is 6.10 Å². The van der Waals surface area contributed by atoms with Gasteiger partial charge in [0.1, 0.15) is 0 Å². The van der Waals surface area contributed by atoms with Crippen molar-refractivity contribution in [2.24, 2.45) is 0 Å². The number of likely N-dealkylation sites (N-methyl/N-ethyl adjacent to an activating group) is 1. The number of hydrogen-bond donors (Lipinski definition) is 1. The third-order valence-electron chi connectivity index (χ3n) is 3.88. The van der Waals surface area contributed by atoms with Gasteiger partial charge in [0.2, 0.25) is 0 Å². The van der Waals surface area contributed by atoms with Crippen molar-refractivity contribution in [3.63, 3.8) is 0 Å². The van der Waals surface area contributed by atoms with Crippen LogP contribution in [0.3, 0.4) is 0 Å². The Morgan fingerprint density at radius 1 is 1.50 bits per heavy atom. The van der Waals surface area contributed by atoms with Crippen molar-refractivity contribution in [3.8, 4) is 0 Å². The normalized spacial score (nSPS) is 21.9. The lowest BCUT2D eigenvalue weighted by Gasteiger charge is -2.37. The molecule has 1 aromatic rings. The Labute approximate surface area is 130 Å². The molecule has 0 bridgehead atoms. The second-order valence-corrected chi connectivity index (χ2v) is 6.35. The summed E-state index contributed by atoms with van der Waals surface area (Å²) in [7, 11) is 2.03. The minimum absolute atomic E-state index is 0.277. The number of hydrogen-bond acceptors (Lipinski definition) is 3. The molecular formula is C16H25BrN2O. The van der Waals surface area contributed by atoms with E-state index in [9.17, 15) is 0 Å². The molecule has 0 radical (unpaired) electrons. The number of nitrogens with one attached hydrogen (secondary N) is 1. The molecule has 0 saturated carbocycles. The van der Waals surface area contributed by atoms with E-state index in [1.807, 2.05) is 7.05 Å². The van der Waals surface area contributed by atoms with Crippen LogP contribution in [-0.4, -0.2) is 50.3 Å². The molecule has 0 amide bonds. The minimum Gasteiger partial charge on any atom is -0.374 e. The maximum atomic E-state index is 5.99. The van der Waals surface area contributed by atoms with Gasteiger partial charge in [-0.3, -0.25) is 4.90 Å². The van der Waals surface area contributed by atoms with Gasteiger partial charge in [-0.1, -0.05) is 35.0 Å². The molecule has 0 spiro atoms. The van der Waals surface area contributed by atoms with Crippen LogP contribution in [0.5, 0.6) is 0 Å². The smallest absolute Gasteiger partial charge is 0.0858 e. The molecular weight excluding hydrogens is 316 g/mol. The van der Waals surface area contributed by atoms with Crippen LogP contribution in [0.2, 0.25) is 0 Å². The number of benzene rings is 1.